The number of aromatic nitrogens is 4. The Morgan fingerprint density at radius 2 is 2.03 bits per heavy atom. The number of nitrogens with zero attached hydrogens (tertiary/aromatic N) is 4. The molecule has 2 N–H and O–H groups in total. The maximum absolute atomic E-state index is 12.4. The van der Waals surface area contributed by atoms with E-state index in [1.165, 1.54) is 17.9 Å². The second kappa shape index (κ2) is 7.96. The van der Waals surface area contributed by atoms with E-state index < -0.39 is 22.6 Å². The highest BCUT2D eigenvalue weighted by Crippen LogP contribution is 2.64. The predicted molar refractivity (Wildman–Crippen MR) is 122 cm³/mol. The van der Waals surface area contributed by atoms with Crippen LogP contribution in [0.1, 0.15) is 35.8 Å². The number of fused-ring (bicyclic) bond motifs is 2. The molecule has 10 heteroatoms. The van der Waals surface area contributed by atoms with Gasteiger partial charge in [-0.1, -0.05) is 0 Å². The van der Waals surface area contributed by atoms with Gasteiger partial charge in [0.05, 0.1) is 30.8 Å². The van der Waals surface area contributed by atoms with Gasteiger partial charge in [-0.25, -0.2) is 4.98 Å². The van der Waals surface area contributed by atoms with Gasteiger partial charge in [-0.05, 0) is 56.2 Å². The highest BCUT2D eigenvalue weighted by Gasteiger charge is 2.65. The molecule has 0 saturated heterocycles. The fraction of sp³-hybridized carbons (Fsp3) is 0.458. The Hall–Kier alpha value is -3.69. The summed E-state index contributed by atoms with van der Waals surface area (Å²) in [5.41, 5.74) is 0.216. The van der Waals surface area contributed by atoms with Gasteiger partial charge in [0.15, 0.2) is 11.4 Å². The summed E-state index contributed by atoms with van der Waals surface area (Å²) in [5.74, 6) is -1.12. The first-order valence-corrected chi connectivity index (χ1v) is 11.4. The molecule has 2 aliphatic rings. The summed E-state index contributed by atoms with van der Waals surface area (Å²) in [5, 5.41) is 17.9. The summed E-state index contributed by atoms with van der Waals surface area (Å²) in [6.45, 7) is 4.49. The number of hydrogen-bond acceptors (Lipinski definition) is 7. The Morgan fingerprint density at radius 1 is 1.29 bits per heavy atom. The van der Waals surface area contributed by atoms with Crippen molar-refractivity contribution in [1.82, 2.24) is 24.6 Å². The molecule has 3 aromatic heterocycles. The fourth-order valence-electron chi connectivity index (χ4n) is 5.71. The van der Waals surface area contributed by atoms with Crippen molar-refractivity contribution < 1.29 is 19.4 Å². The van der Waals surface area contributed by atoms with E-state index in [-0.39, 0.29) is 29.4 Å². The van der Waals surface area contributed by atoms with Crippen LogP contribution in [0, 0.1) is 24.7 Å². The lowest BCUT2D eigenvalue weighted by atomic mass is 9.90. The summed E-state index contributed by atoms with van der Waals surface area (Å²) in [4.78, 5) is 41.5. The van der Waals surface area contributed by atoms with Crippen LogP contribution in [0.15, 0.2) is 35.5 Å². The normalized spacial score (nSPS) is 25.2. The predicted octanol–water partition coefficient (Wildman–Crippen LogP) is 1.58. The van der Waals surface area contributed by atoms with Gasteiger partial charge >= 0.3 is 5.97 Å². The Labute approximate surface area is 195 Å². The monoisotopic (exact) mass is 465 g/mol. The van der Waals surface area contributed by atoms with Gasteiger partial charge in [0.2, 0.25) is 0 Å². The molecule has 2 aliphatic carbocycles. The lowest BCUT2D eigenvalue weighted by molar-refractivity contribution is -0.145. The molecule has 0 bridgehead atoms. The van der Waals surface area contributed by atoms with Crippen LogP contribution in [-0.2, 0) is 21.6 Å². The molecule has 178 valence electrons. The molecule has 5 rings (SSSR count). The van der Waals surface area contributed by atoms with Crippen molar-refractivity contribution in [2.45, 2.75) is 38.8 Å². The summed E-state index contributed by atoms with van der Waals surface area (Å²) in [7, 11) is 1.40. The lowest BCUT2D eigenvalue weighted by Crippen LogP contribution is -2.39. The zero-order chi connectivity index (χ0) is 24.2. The number of nitrogens with one attached hydrogen (secondary N) is 1. The maximum atomic E-state index is 12.4. The lowest BCUT2D eigenvalue weighted by Gasteiger charge is -2.34. The number of aryl methyl sites for hydroxylation is 1. The summed E-state index contributed by atoms with van der Waals surface area (Å²) in [6.07, 6.45) is 6.44. The van der Waals surface area contributed by atoms with Crippen LogP contribution in [0.25, 0.3) is 11.0 Å². The van der Waals surface area contributed by atoms with Crippen LogP contribution < -0.4 is 10.7 Å². The van der Waals surface area contributed by atoms with Crippen molar-refractivity contribution in [3.05, 3.63) is 52.2 Å². The zero-order valence-electron chi connectivity index (χ0n) is 19.3. The standard InChI is InChI=1S/C24H27N5O5/c1-4-34-23(33)18-15-8-24(9-16(15)18,29-10-13(2)14-6-5-7-26-21(14)29)12-28-11-17(30)20(31)19(27-28)22(32)25-3/h5-7,10-11,15-16,18,30H,4,8-9,12H2,1-3H3,(H,25,32)/t15-,16+,18?,24?. The van der Waals surface area contributed by atoms with Crippen LogP contribution in [0.3, 0.4) is 0 Å². The average Bonchev–Trinajstić information content (AvgIpc) is 3.16. The quantitative estimate of drug-likeness (QED) is 0.529. The third kappa shape index (κ3) is 3.36. The zero-order valence-corrected chi connectivity index (χ0v) is 19.3. The Bertz CT molecular complexity index is 1350. The van der Waals surface area contributed by atoms with Crippen molar-refractivity contribution >= 4 is 22.9 Å². The van der Waals surface area contributed by atoms with E-state index >= 15 is 0 Å². The van der Waals surface area contributed by atoms with Gasteiger partial charge in [-0.2, -0.15) is 5.10 Å². The van der Waals surface area contributed by atoms with Crippen molar-refractivity contribution in [2.75, 3.05) is 13.7 Å². The van der Waals surface area contributed by atoms with Crippen LogP contribution >= 0.6 is 0 Å². The van der Waals surface area contributed by atoms with E-state index in [0.717, 1.165) is 16.6 Å². The molecule has 3 heterocycles. The summed E-state index contributed by atoms with van der Waals surface area (Å²) in [6, 6.07) is 3.91. The smallest absolute Gasteiger partial charge is 0.309 e. The van der Waals surface area contributed by atoms with Gasteiger partial charge in [-0.3, -0.25) is 19.1 Å². The van der Waals surface area contributed by atoms with E-state index in [9.17, 15) is 19.5 Å². The number of amides is 1. The maximum Gasteiger partial charge on any atom is 0.309 e. The minimum absolute atomic E-state index is 0.110. The topological polar surface area (TPSA) is 128 Å². The van der Waals surface area contributed by atoms with E-state index in [4.69, 9.17) is 4.74 Å². The highest BCUT2D eigenvalue weighted by atomic mass is 16.5. The molecule has 0 aromatic carbocycles. The number of esters is 1. The molecular formula is C24H27N5O5. The average molecular weight is 466 g/mol. The first-order valence-electron chi connectivity index (χ1n) is 11.4. The van der Waals surface area contributed by atoms with Crippen LogP contribution in [-0.4, -0.2) is 50.0 Å². The molecule has 3 aromatic rings. The van der Waals surface area contributed by atoms with Gasteiger partial charge in [0.25, 0.3) is 11.3 Å². The second-order valence-corrected chi connectivity index (χ2v) is 9.26. The Kier molecular flexibility index (Phi) is 5.18. The minimum atomic E-state index is -0.815. The van der Waals surface area contributed by atoms with Crippen LogP contribution in [0.4, 0.5) is 0 Å². The third-order valence-electron chi connectivity index (χ3n) is 7.24. The Morgan fingerprint density at radius 3 is 2.71 bits per heavy atom. The minimum Gasteiger partial charge on any atom is -0.503 e. The van der Waals surface area contributed by atoms with Gasteiger partial charge < -0.3 is 19.7 Å². The van der Waals surface area contributed by atoms with E-state index in [1.807, 2.05) is 19.1 Å². The first-order chi connectivity index (χ1) is 16.3. The van der Waals surface area contributed by atoms with Crippen LogP contribution in [0.5, 0.6) is 5.75 Å². The van der Waals surface area contributed by atoms with E-state index in [2.05, 4.69) is 26.2 Å². The molecule has 34 heavy (non-hydrogen) atoms. The van der Waals surface area contributed by atoms with Crippen molar-refractivity contribution in [3.8, 4) is 5.75 Å². The number of ether oxygens (including phenoxy) is 1. The number of aromatic hydroxyl groups is 1. The molecule has 2 saturated carbocycles. The van der Waals surface area contributed by atoms with E-state index in [1.54, 1.807) is 13.1 Å². The van der Waals surface area contributed by atoms with Crippen molar-refractivity contribution in [3.63, 3.8) is 0 Å². The molecular weight excluding hydrogens is 438 g/mol. The van der Waals surface area contributed by atoms with Crippen LogP contribution in [0.2, 0.25) is 0 Å². The molecule has 0 spiro atoms. The van der Waals surface area contributed by atoms with Crippen molar-refractivity contribution in [2.24, 2.45) is 17.8 Å². The number of pyridine rings is 1. The molecule has 0 radical (unpaired) electrons. The highest BCUT2D eigenvalue weighted by molar-refractivity contribution is 5.92. The van der Waals surface area contributed by atoms with Gasteiger partial charge in [0.1, 0.15) is 5.65 Å². The van der Waals surface area contributed by atoms with Gasteiger partial charge in [-0.15, -0.1) is 0 Å². The van der Waals surface area contributed by atoms with Crippen molar-refractivity contribution in [1.29, 1.82) is 0 Å². The Balaban J connectivity index is 1.58. The first kappa shape index (κ1) is 22.1. The molecule has 4 atom stereocenters. The number of carbonyl (C=O) groups excluding carboxylic acids is 2. The molecule has 0 aliphatic heterocycles. The second-order valence-electron chi connectivity index (χ2n) is 9.26. The van der Waals surface area contributed by atoms with E-state index in [0.29, 0.717) is 26.0 Å². The largest absolute Gasteiger partial charge is 0.503 e. The fourth-order valence-corrected chi connectivity index (χ4v) is 5.71. The summed E-state index contributed by atoms with van der Waals surface area (Å²) < 4.78 is 8.86. The number of hydrogen-bond donors (Lipinski definition) is 2. The molecule has 1 amide bonds. The number of carbonyl (C=O) groups is 2. The SMILES string of the molecule is CCOC(=O)C1[C@H]2CC(Cn3cc(O)c(=O)c(C(=O)NC)n3)(n3cc(C)c4cccnc43)C[C@@H]12. The molecule has 10 nitrogen and oxygen atoms in total. The molecule has 2 unspecified atom stereocenters. The summed E-state index contributed by atoms with van der Waals surface area (Å²) >= 11 is 0. The third-order valence-corrected chi connectivity index (χ3v) is 7.24. The van der Waals surface area contributed by atoms with Gasteiger partial charge in [0, 0.05) is 24.8 Å². The number of rotatable bonds is 6. The molecule has 2 fully saturated rings.